The monoisotopic (exact) mass is 234 g/mol. The highest BCUT2D eigenvalue weighted by Gasteiger charge is 1.97. The maximum absolute atomic E-state index is 5.51. The molecule has 0 saturated carbocycles. The number of fused-ring (bicyclic) bond motifs is 1. The summed E-state index contributed by atoms with van der Waals surface area (Å²) in [6, 6.07) is 11.4. The number of anilines is 1. The van der Waals surface area contributed by atoms with Crippen molar-refractivity contribution in [3.63, 3.8) is 0 Å². The summed E-state index contributed by atoms with van der Waals surface area (Å²) in [5.41, 5.74) is 8.21. The molecule has 0 spiro atoms. The van der Waals surface area contributed by atoms with E-state index in [9.17, 15) is 0 Å². The molecule has 0 saturated heterocycles. The van der Waals surface area contributed by atoms with E-state index in [0.29, 0.717) is 11.6 Å². The van der Waals surface area contributed by atoms with Gasteiger partial charge in [0, 0.05) is 11.8 Å². The number of hydrogen-bond donors (Lipinski definition) is 2. The first-order valence-corrected chi connectivity index (χ1v) is 5.49. The van der Waals surface area contributed by atoms with Crippen molar-refractivity contribution in [3.8, 4) is 11.8 Å². The molecule has 0 radical (unpaired) electrons. The maximum Gasteiger partial charge on any atom is 0.184 e. The Hall–Kier alpha value is -2.80. The molecular formula is C14H10N4. The third kappa shape index (κ3) is 2.02. The molecule has 0 fully saturated rings. The van der Waals surface area contributed by atoms with Crippen LogP contribution in [0.15, 0.2) is 42.6 Å². The SMILES string of the molecule is Nc1ccc(C#Cc2nc3ccccc3[nH]2)cn1. The van der Waals surface area contributed by atoms with E-state index >= 15 is 0 Å². The van der Waals surface area contributed by atoms with Crippen molar-refractivity contribution in [3.05, 3.63) is 54.0 Å². The van der Waals surface area contributed by atoms with Gasteiger partial charge in [0.15, 0.2) is 5.82 Å². The third-order valence-corrected chi connectivity index (χ3v) is 2.50. The summed E-state index contributed by atoms with van der Waals surface area (Å²) in [5, 5.41) is 0. The van der Waals surface area contributed by atoms with E-state index in [0.717, 1.165) is 16.6 Å². The van der Waals surface area contributed by atoms with Crippen LogP contribution in [0.3, 0.4) is 0 Å². The maximum atomic E-state index is 5.51. The molecule has 1 aromatic carbocycles. The Morgan fingerprint density at radius 2 is 1.94 bits per heavy atom. The van der Waals surface area contributed by atoms with Crippen LogP contribution in [0.5, 0.6) is 0 Å². The second-order valence-electron chi connectivity index (χ2n) is 3.82. The number of imidazole rings is 1. The van der Waals surface area contributed by atoms with Gasteiger partial charge in [-0.15, -0.1) is 0 Å². The van der Waals surface area contributed by atoms with Crippen molar-refractivity contribution >= 4 is 16.9 Å². The summed E-state index contributed by atoms with van der Waals surface area (Å²) in [4.78, 5) is 11.5. The van der Waals surface area contributed by atoms with Gasteiger partial charge in [0.2, 0.25) is 0 Å². The molecule has 0 aliphatic heterocycles. The molecule has 0 amide bonds. The van der Waals surface area contributed by atoms with Crippen LogP contribution in [0.2, 0.25) is 0 Å². The van der Waals surface area contributed by atoms with Crippen LogP contribution >= 0.6 is 0 Å². The van der Waals surface area contributed by atoms with Gasteiger partial charge in [-0.2, -0.15) is 0 Å². The molecule has 4 heteroatoms. The quantitative estimate of drug-likeness (QED) is 0.584. The summed E-state index contributed by atoms with van der Waals surface area (Å²) < 4.78 is 0. The molecule has 0 aliphatic rings. The number of hydrogen-bond acceptors (Lipinski definition) is 3. The fraction of sp³-hybridized carbons (Fsp3) is 0. The minimum Gasteiger partial charge on any atom is -0.384 e. The Balaban J connectivity index is 1.95. The molecule has 2 heterocycles. The van der Waals surface area contributed by atoms with Gasteiger partial charge >= 0.3 is 0 Å². The predicted molar refractivity (Wildman–Crippen MR) is 70.7 cm³/mol. The third-order valence-electron chi connectivity index (χ3n) is 2.50. The highest BCUT2D eigenvalue weighted by Crippen LogP contribution is 2.09. The van der Waals surface area contributed by atoms with E-state index in [2.05, 4.69) is 26.8 Å². The van der Waals surface area contributed by atoms with Crippen molar-refractivity contribution in [1.29, 1.82) is 0 Å². The highest BCUT2D eigenvalue weighted by atomic mass is 14.9. The van der Waals surface area contributed by atoms with Gasteiger partial charge < -0.3 is 10.7 Å². The van der Waals surface area contributed by atoms with Gasteiger partial charge in [0.25, 0.3) is 0 Å². The number of aromatic nitrogens is 3. The largest absolute Gasteiger partial charge is 0.384 e. The second-order valence-corrected chi connectivity index (χ2v) is 3.82. The molecule has 2 aromatic heterocycles. The standard InChI is InChI=1S/C14H10N4/c15-13-7-5-10(9-16-13)6-8-14-17-11-3-1-2-4-12(11)18-14/h1-5,7,9H,(H2,15,16)(H,17,18). The predicted octanol–water partition coefficient (Wildman–Crippen LogP) is 1.94. The zero-order valence-corrected chi connectivity index (χ0v) is 9.51. The number of para-hydroxylation sites is 2. The molecule has 0 bridgehead atoms. The molecule has 4 nitrogen and oxygen atoms in total. The molecule has 0 aliphatic carbocycles. The van der Waals surface area contributed by atoms with Crippen molar-refractivity contribution in [2.24, 2.45) is 0 Å². The van der Waals surface area contributed by atoms with E-state index in [1.807, 2.05) is 30.3 Å². The van der Waals surface area contributed by atoms with Gasteiger partial charge in [-0.05, 0) is 30.2 Å². The summed E-state index contributed by atoms with van der Waals surface area (Å²) in [7, 11) is 0. The number of nitrogens with zero attached hydrogens (tertiary/aromatic N) is 2. The van der Waals surface area contributed by atoms with Gasteiger partial charge in [-0.1, -0.05) is 18.1 Å². The van der Waals surface area contributed by atoms with Crippen LogP contribution in [0.1, 0.15) is 11.4 Å². The zero-order chi connectivity index (χ0) is 12.4. The molecular weight excluding hydrogens is 224 g/mol. The van der Waals surface area contributed by atoms with Crippen LogP contribution in [0.4, 0.5) is 5.82 Å². The van der Waals surface area contributed by atoms with E-state index in [1.165, 1.54) is 0 Å². The van der Waals surface area contributed by atoms with E-state index in [-0.39, 0.29) is 0 Å². The summed E-state index contributed by atoms with van der Waals surface area (Å²) in [6.45, 7) is 0. The minimum absolute atomic E-state index is 0.490. The van der Waals surface area contributed by atoms with Crippen molar-refractivity contribution in [2.45, 2.75) is 0 Å². The fourth-order valence-electron chi connectivity index (χ4n) is 1.62. The molecule has 86 valence electrons. The Bertz CT molecular complexity index is 712. The van der Waals surface area contributed by atoms with Crippen LogP contribution in [-0.2, 0) is 0 Å². The number of rotatable bonds is 0. The normalized spacial score (nSPS) is 10.0. The number of nitrogens with two attached hydrogens (primary N) is 1. The van der Waals surface area contributed by atoms with E-state index in [4.69, 9.17) is 5.73 Å². The lowest BCUT2D eigenvalue weighted by atomic mass is 10.3. The van der Waals surface area contributed by atoms with E-state index in [1.54, 1.807) is 12.3 Å². The van der Waals surface area contributed by atoms with Gasteiger partial charge in [0.05, 0.1) is 11.0 Å². The fourth-order valence-corrected chi connectivity index (χ4v) is 1.62. The second kappa shape index (κ2) is 4.22. The number of benzene rings is 1. The van der Waals surface area contributed by atoms with Crippen LogP contribution < -0.4 is 5.73 Å². The van der Waals surface area contributed by atoms with Crippen molar-refractivity contribution < 1.29 is 0 Å². The van der Waals surface area contributed by atoms with Gasteiger partial charge in [-0.25, -0.2) is 9.97 Å². The average Bonchev–Trinajstić information content (AvgIpc) is 2.81. The topological polar surface area (TPSA) is 67.6 Å². The lowest BCUT2D eigenvalue weighted by molar-refractivity contribution is 1.28. The lowest BCUT2D eigenvalue weighted by Crippen LogP contribution is -1.88. The zero-order valence-electron chi connectivity index (χ0n) is 9.51. The van der Waals surface area contributed by atoms with Crippen molar-refractivity contribution in [2.75, 3.05) is 5.73 Å². The number of H-pyrrole nitrogens is 1. The first-order valence-electron chi connectivity index (χ1n) is 5.49. The van der Waals surface area contributed by atoms with Gasteiger partial charge in [-0.3, -0.25) is 0 Å². The molecule has 18 heavy (non-hydrogen) atoms. The Morgan fingerprint density at radius 3 is 2.72 bits per heavy atom. The van der Waals surface area contributed by atoms with Crippen molar-refractivity contribution in [1.82, 2.24) is 15.0 Å². The molecule has 3 aromatic rings. The van der Waals surface area contributed by atoms with Crippen LogP contribution in [0, 0.1) is 11.8 Å². The highest BCUT2D eigenvalue weighted by molar-refractivity contribution is 5.75. The number of pyridine rings is 1. The first-order chi connectivity index (χ1) is 8.81. The van der Waals surface area contributed by atoms with Crippen LogP contribution in [-0.4, -0.2) is 15.0 Å². The molecule has 3 rings (SSSR count). The first kappa shape index (κ1) is 10.4. The number of nitrogen functional groups attached to an aromatic ring is 1. The molecule has 0 unspecified atom stereocenters. The summed E-state index contributed by atoms with van der Waals surface area (Å²) >= 11 is 0. The van der Waals surface area contributed by atoms with Crippen LogP contribution in [0.25, 0.3) is 11.0 Å². The average molecular weight is 234 g/mol. The Kier molecular flexibility index (Phi) is 2.43. The lowest BCUT2D eigenvalue weighted by Gasteiger charge is -1.90. The Labute approximate surface area is 104 Å². The smallest absolute Gasteiger partial charge is 0.184 e. The molecule has 0 atom stereocenters. The molecule has 3 N–H and O–H groups in total. The summed E-state index contributed by atoms with van der Waals surface area (Å²) in [5.74, 6) is 7.10. The minimum atomic E-state index is 0.490. The van der Waals surface area contributed by atoms with E-state index < -0.39 is 0 Å². The van der Waals surface area contributed by atoms with Gasteiger partial charge in [0.1, 0.15) is 5.82 Å². The Morgan fingerprint density at radius 1 is 1.06 bits per heavy atom. The summed E-state index contributed by atoms with van der Waals surface area (Å²) in [6.07, 6.45) is 1.64. The number of nitrogens with one attached hydrogen (secondary N) is 1. The number of aromatic amines is 1.